The van der Waals surface area contributed by atoms with Gasteiger partial charge in [-0.1, -0.05) is 72.8 Å². The van der Waals surface area contributed by atoms with Gasteiger partial charge in [-0.3, -0.25) is 0 Å². The molecule has 0 N–H and O–H groups in total. The van der Waals surface area contributed by atoms with E-state index in [4.69, 9.17) is 4.74 Å². The molecule has 3 rings (SSSR count). The molecule has 0 spiro atoms. The lowest BCUT2D eigenvalue weighted by Crippen LogP contribution is -1.96. The van der Waals surface area contributed by atoms with Crippen molar-refractivity contribution in [3.63, 3.8) is 0 Å². The Morgan fingerprint density at radius 2 is 1.57 bits per heavy atom. The molecule has 23 heavy (non-hydrogen) atoms. The van der Waals surface area contributed by atoms with Gasteiger partial charge in [-0.25, -0.2) is 4.39 Å². The standard InChI is InChI=1S/C21H17FO/c22-20-11-6-9-17(15-20)13-14-19-10-4-5-12-21(19)23-16-18-7-2-1-3-8-18/h1-15H,16H2/b14-13+. The Hall–Kier alpha value is -2.87. The minimum atomic E-state index is -0.235. The summed E-state index contributed by atoms with van der Waals surface area (Å²) in [7, 11) is 0. The number of hydrogen-bond donors (Lipinski definition) is 0. The average molecular weight is 304 g/mol. The minimum Gasteiger partial charge on any atom is -0.488 e. The molecule has 0 saturated carbocycles. The summed E-state index contributed by atoms with van der Waals surface area (Å²) in [5, 5.41) is 0. The Labute approximate surface area is 135 Å². The van der Waals surface area contributed by atoms with Gasteiger partial charge in [0.2, 0.25) is 0 Å². The van der Waals surface area contributed by atoms with E-state index in [1.54, 1.807) is 6.07 Å². The van der Waals surface area contributed by atoms with Crippen molar-refractivity contribution in [1.82, 2.24) is 0 Å². The summed E-state index contributed by atoms with van der Waals surface area (Å²) >= 11 is 0. The maximum Gasteiger partial charge on any atom is 0.127 e. The molecule has 114 valence electrons. The van der Waals surface area contributed by atoms with E-state index in [-0.39, 0.29) is 5.82 Å². The fourth-order valence-corrected chi connectivity index (χ4v) is 2.28. The van der Waals surface area contributed by atoms with Crippen LogP contribution in [0.15, 0.2) is 78.9 Å². The number of hydrogen-bond acceptors (Lipinski definition) is 1. The number of halogens is 1. The predicted molar refractivity (Wildman–Crippen MR) is 92.5 cm³/mol. The summed E-state index contributed by atoms with van der Waals surface area (Å²) in [5.74, 6) is 0.574. The van der Waals surface area contributed by atoms with Gasteiger partial charge in [0.25, 0.3) is 0 Å². The van der Waals surface area contributed by atoms with Crippen LogP contribution in [0.2, 0.25) is 0 Å². The quantitative estimate of drug-likeness (QED) is 0.559. The highest BCUT2D eigenvalue weighted by Gasteiger charge is 2.01. The average Bonchev–Trinajstić information content (AvgIpc) is 2.60. The first kappa shape index (κ1) is 15.0. The molecule has 0 aliphatic carbocycles. The van der Waals surface area contributed by atoms with E-state index < -0.39 is 0 Å². The van der Waals surface area contributed by atoms with Crippen LogP contribution >= 0.6 is 0 Å². The molecule has 2 heteroatoms. The second kappa shape index (κ2) is 7.41. The van der Waals surface area contributed by atoms with Gasteiger partial charge >= 0.3 is 0 Å². The maximum absolute atomic E-state index is 13.2. The predicted octanol–water partition coefficient (Wildman–Crippen LogP) is 5.58. The zero-order valence-electron chi connectivity index (χ0n) is 12.7. The van der Waals surface area contributed by atoms with Gasteiger partial charge in [-0.2, -0.15) is 0 Å². The fourth-order valence-electron chi connectivity index (χ4n) is 2.28. The minimum absolute atomic E-state index is 0.235. The number of rotatable bonds is 5. The van der Waals surface area contributed by atoms with Crippen LogP contribution in [0.1, 0.15) is 16.7 Å². The fraction of sp³-hybridized carbons (Fsp3) is 0.0476. The highest BCUT2D eigenvalue weighted by molar-refractivity contribution is 5.72. The van der Waals surface area contributed by atoms with E-state index in [1.807, 2.05) is 72.8 Å². The van der Waals surface area contributed by atoms with Crippen LogP contribution in [-0.2, 0) is 6.61 Å². The summed E-state index contributed by atoms with van der Waals surface area (Å²) < 4.78 is 19.1. The normalized spacial score (nSPS) is 10.8. The zero-order valence-corrected chi connectivity index (χ0v) is 12.7. The van der Waals surface area contributed by atoms with Crippen LogP contribution in [0.5, 0.6) is 5.75 Å². The number of para-hydroxylation sites is 1. The molecule has 0 radical (unpaired) electrons. The molecule has 0 fully saturated rings. The molecule has 1 nitrogen and oxygen atoms in total. The van der Waals surface area contributed by atoms with Gasteiger partial charge in [0, 0.05) is 5.56 Å². The van der Waals surface area contributed by atoms with Crippen LogP contribution in [-0.4, -0.2) is 0 Å². The summed E-state index contributed by atoms with van der Waals surface area (Å²) in [6, 6.07) is 24.4. The van der Waals surface area contributed by atoms with Crippen LogP contribution in [0, 0.1) is 5.82 Å². The van der Waals surface area contributed by atoms with Gasteiger partial charge < -0.3 is 4.74 Å². The molecular weight excluding hydrogens is 287 g/mol. The molecule has 0 aliphatic heterocycles. The Balaban J connectivity index is 1.75. The second-order valence-corrected chi connectivity index (χ2v) is 5.20. The van der Waals surface area contributed by atoms with Crippen LogP contribution < -0.4 is 4.74 Å². The molecule has 0 aliphatic rings. The van der Waals surface area contributed by atoms with Crippen molar-refractivity contribution < 1.29 is 9.13 Å². The molecule has 0 aromatic heterocycles. The Bertz CT molecular complexity index is 794. The van der Waals surface area contributed by atoms with Crippen molar-refractivity contribution >= 4 is 12.2 Å². The largest absolute Gasteiger partial charge is 0.488 e. The van der Waals surface area contributed by atoms with E-state index in [9.17, 15) is 4.39 Å². The maximum atomic E-state index is 13.2. The zero-order chi connectivity index (χ0) is 15.9. The lowest BCUT2D eigenvalue weighted by atomic mass is 10.1. The van der Waals surface area contributed by atoms with Gasteiger partial charge in [-0.15, -0.1) is 0 Å². The smallest absolute Gasteiger partial charge is 0.127 e. The third-order valence-corrected chi connectivity index (χ3v) is 3.46. The lowest BCUT2D eigenvalue weighted by molar-refractivity contribution is 0.305. The van der Waals surface area contributed by atoms with Crippen LogP contribution in [0.4, 0.5) is 4.39 Å². The topological polar surface area (TPSA) is 9.23 Å². The van der Waals surface area contributed by atoms with Crippen LogP contribution in [0.3, 0.4) is 0 Å². The van der Waals surface area contributed by atoms with Crippen molar-refractivity contribution in [2.45, 2.75) is 6.61 Å². The Kier molecular flexibility index (Phi) is 4.85. The molecule has 3 aromatic carbocycles. The highest BCUT2D eigenvalue weighted by Crippen LogP contribution is 2.22. The molecule has 0 bridgehead atoms. The first-order chi connectivity index (χ1) is 11.3. The summed E-state index contributed by atoms with van der Waals surface area (Å²) in [6.45, 7) is 0.520. The molecule has 3 aromatic rings. The lowest BCUT2D eigenvalue weighted by Gasteiger charge is -2.09. The third kappa shape index (κ3) is 4.30. The SMILES string of the molecule is Fc1cccc(/C=C/c2ccccc2OCc2ccccc2)c1. The Morgan fingerprint density at radius 1 is 0.783 bits per heavy atom. The van der Waals surface area contributed by atoms with Crippen molar-refractivity contribution in [3.8, 4) is 5.75 Å². The molecule has 0 heterocycles. The van der Waals surface area contributed by atoms with Gasteiger partial charge in [0.1, 0.15) is 18.2 Å². The number of benzene rings is 3. The van der Waals surface area contributed by atoms with Gasteiger partial charge in [0.15, 0.2) is 0 Å². The van der Waals surface area contributed by atoms with Crippen molar-refractivity contribution in [2.75, 3.05) is 0 Å². The molecular formula is C21H17FO. The van der Waals surface area contributed by atoms with E-state index in [2.05, 4.69) is 0 Å². The van der Waals surface area contributed by atoms with Gasteiger partial charge in [0.05, 0.1) is 0 Å². The van der Waals surface area contributed by atoms with Crippen molar-refractivity contribution in [2.24, 2.45) is 0 Å². The van der Waals surface area contributed by atoms with Crippen molar-refractivity contribution in [1.29, 1.82) is 0 Å². The molecule has 0 atom stereocenters. The Morgan fingerprint density at radius 3 is 2.39 bits per heavy atom. The summed E-state index contributed by atoms with van der Waals surface area (Å²) in [4.78, 5) is 0. The highest BCUT2D eigenvalue weighted by atomic mass is 19.1. The monoisotopic (exact) mass is 304 g/mol. The summed E-state index contributed by atoms with van der Waals surface area (Å²) in [6.07, 6.45) is 3.82. The molecule has 0 amide bonds. The summed E-state index contributed by atoms with van der Waals surface area (Å²) in [5.41, 5.74) is 2.91. The first-order valence-electron chi connectivity index (χ1n) is 7.51. The van der Waals surface area contributed by atoms with Crippen molar-refractivity contribution in [3.05, 3.63) is 101 Å². The molecule has 0 unspecified atom stereocenters. The molecule has 0 saturated heterocycles. The third-order valence-electron chi connectivity index (χ3n) is 3.46. The van der Waals surface area contributed by atoms with Gasteiger partial charge in [-0.05, 0) is 29.3 Å². The van der Waals surface area contributed by atoms with Crippen LogP contribution in [0.25, 0.3) is 12.2 Å². The van der Waals surface area contributed by atoms with E-state index in [0.717, 1.165) is 22.4 Å². The van der Waals surface area contributed by atoms with E-state index in [0.29, 0.717) is 6.61 Å². The van der Waals surface area contributed by atoms with E-state index >= 15 is 0 Å². The second-order valence-electron chi connectivity index (χ2n) is 5.20. The number of ether oxygens (including phenoxy) is 1. The van der Waals surface area contributed by atoms with E-state index in [1.165, 1.54) is 12.1 Å². The first-order valence-corrected chi connectivity index (χ1v) is 7.51.